The summed E-state index contributed by atoms with van der Waals surface area (Å²) in [6.45, 7) is 3.24. The molecule has 2 aromatic heterocycles. The van der Waals surface area contributed by atoms with Gasteiger partial charge in [-0.3, -0.25) is 9.78 Å². The zero-order chi connectivity index (χ0) is 20.1. The van der Waals surface area contributed by atoms with E-state index in [0.29, 0.717) is 11.3 Å². The van der Waals surface area contributed by atoms with Gasteiger partial charge in [0.2, 0.25) is 5.95 Å². The Kier molecular flexibility index (Phi) is 5.51. The molecule has 3 heterocycles. The van der Waals surface area contributed by atoms with Crippen molar-refractivity contribution in [3.05, 3.63) is 66.7 Å². The van der Waals surface area contributed by atoms with Crippen LogP contribution in [0.3, 0.4) is 0 Å². The summed E-state index contributed by atoms with van der Waals surface area (Å²) >= 11 is 0. The second-order valence-electron chi connectivity index (χ2n) is 6.64. The van der Waals surface area contributed by atoms with Gasteiger partial charge in [0.1, 0.15) is 5.75 Å². The predicted molar refractivity (Wildman–Crippen MR) is 112 cm³/mol. The number of anilines is 3. The van der Waals surface area contributed by atoms with Crippen molar-refractivity contribution < 1.29 is 9.53 Å². The van der Waals surface area contributed by atoms with Crippen LogP contribution >= 0.6 is 0 Å². The fourth-order valence-corrected chi connectivity index (χ4v) is 3.22. The van der Waals surface area contributed by atoms with Crippen LogP contribution in [0.1, 0.15) is 10.4 Å². The summed E-state index contributed by atoms with van der Waals surface area (Å²) in [7, 11) is 1.61. The summed E-state index contributed by atoms with van der Waals surface area (Å²) in [4.78, 5) is 29.9. The maximum Gasteiger partial charge on any atom is 0.257 e. The van der Waals surface area contributed by atoms with E-state index in [0.717, 1.165) is 43.6 Å². The molecule has 1 aliphatic heterocycles. The highest BCUT2D eigenvalue weighted by Crippen LogP contribution is 2.20. The SMILES string of the molecule is COc1ccc(NC(=O)c2cncc(N3CCN(c4ncccn4)CC3)c2)cc1. The normalized spacial score (nSPS) is 13.8. The van der Waals surface area contributed by atoms with Gasteiger partial charge in [0.15, 0.2) is 0 Å². The van der Waals surface area contributed by atoms with Crippen LogP contribution in [0.15, 0.2) is 61.2 Å². The summed E-state index contributed by atoms with van der Waals surface area (Å²) in [5, 5.41) is 2.89. The van der Waals surface area contributed by atoms with Crippen LogP contribution in [0.5, 0.6) is 5.75 Å². The van der Waals surface area contributed by atoms with Crippen molar-refractivity contribution in [3.8, 4) is 5.75 Å². The fraction of sp³-hybridized carbons (Fsp3) is 0.238. The number of pyridine rings is 1. The van der Waals surface area contributed by atoms with Crippen LogP contribution < -0.4 is 19.9 Å². The Morgan fingerprint density at radius 1 is 1.00 bits per heavy atom. The summed E-state index contributed by atoms with van der Waals surface area (Å²) in [5.74, 6) is 1.30. The first-order chi connectivity index (χ1) is 14.2. The molecule has 1 aliphatic rings. The molecule has 0 bridgehead atoms. The molecule has 0 saturated carbocycles. The lowest BCUT2D eigenvalue weighted by atomic mass is 10.2. The topological polar surface area (TPSA) is 83.5 Å². The van der Waals surface area contributed by atoms with Gasteiger partial charge in [-0.1, -0.05) is 0 Å². The number of nitrogens with one attached hydrogen (secondary N) is 1. The van der Waals surface area contributed by atoms with E-state index in [2.05, 4.69) is 30.1 Å². The standard InChI is InChI=1S/C21H22N6O2/c1-29-19-5-3-17(4-6-19)25-20(28)16-13-18(15-22-14-16)26-9-11-27(12-10-26)21-23-7-2-8-24-21/h2-8,13-15H,9-12H2,1H3,(H,25,28). The van der Waals surface area contributed by atoms with Crippen molar-refractivity contribution >= 4 is 23.2 Å². The van der Waals surface area contributed by atoms with E-state index in [1.165, 1.54) is 0 Å². The fourth-order valence-electron chi connectivity index (χ4n) is 3.22. The molecular formula is C21H22N6O2. The van der Waals surface area contributed by atoms with Crippen molar-refractivity contribution in [1.82, 2.24) is 15.0 Å². The lowest BCUT2D eigenvalue weighted by Crippen LogP contribution is -2.47. The third kappa shape index (κ3) is 4.43. The number of hydrogen-bond acceptors (Lipinski definition) is 7. The van der Waals surface area contributed by atoms with Crippen molar-refractivity contribution in [3.63, 3.8) is 0 Å². The minimum atomic E-state index is -0.194. The summed E-state index contributed by atoms with van der Waals surface area (Å²) < 4.78 is 5.14. The largest absolute Gasteiger partial charge is 0.497 e. The molecule has 29 heavy (non-hydrogen) atoms. The van der Waals surface area contributed by atoms with Crippen molar-refractivity contribution in [2.24, 2.45) is 0 Å². The van der Waals surface area contributed by atoms with Gasteiger partial charge in [0, 0.05) is 50.5 Å². The van der Waals surface area contributed by atoms with E-state index in [4.69, 9.17) is 4.74 Å². The highest BCUT2D eigenvalue weighted by Gasteiger charge is 2.20. The van der Waals surface area contributed by atoms with Gasteiger partial charge in [-0.2, -0.15) is 0 Å². The Morgan fingerprint density at radius 2 is 1.69 bits per heavy atom. The van der Waals surface area contributed by atoms with Crippen LogP contribution in [0.2, 0.25) is 0 Å². The number of ether oxygens (including phenoxy) is 1. The quantitative estimate of drug-likeness (QED) is 0.716. The second kappa shape index (κ2) is 8.55. The molecule has 4 rings (SSSR count). The van der Waals surface area contributed by atoms with Gasteiger partial charge < -0.3 is 19.9 Å². The number of nitrogens with zero attached hydrogens (tertiary/aromatic N) is 5. The molecule has 8 nitrogen and oxygen atoms in total. The monoisotopic (exact) mass is 390 g/mol. The maximum absolute atomic E-state index is 12.6. The molecule has 1 fully saturated rings. The van der Waals surface area contributed by atoms with Gasteiger partial charge >= 0.3 is 0 Å². The summed E-state index contributed by atoms with van der Waals surface area (Å²) in [5.41, 5.74) is 2.16. The number of aromatic nitrogens is 3. The molecule has 1 amide bonds. The lowest BCUT2D eigenvalue weighted by Gasteiger charge is -2.35. The first-order valence-corrected chi connectivity index (χ1v) is 9.40. The number of methoxy groups -OCH3 is 1. The summed E-state index contributed by atoms with van der Waals surface area (Å²) in [6.07, 6.45) is 6.88. The van der Waals surface area contributed by atoms with Crippen LogP contribution in [-0.2, 0) is 0 Å². The van der Waals surface area contributed by atoms with Crippen molar-refractivity contribution in [2.75, 3.05) is 48.4 Å². The number of rotatable bonds is 5. The van der Waals surface area contributed by atoms with Gasteiger partial charge in [-0.15, -0.1) is 0 Å². The average molecular weight is 390 g/mol. The second-order valence-corrected chi connectivity index (χ2v) is 6.64. The van der Waals surface area contributed by atoms with Crippen LogP contribution in [0.4, 0.5) is 17.3 Å². The Labute approximate surface area is 169 Å². The number of hydrogen-bond donors (Lipinski definition) is 1. The van der Waals surface area contributed by atoms with E-state index >= 15 is 0 Å². The molecule has 1 N–H and O–H groups in total. The minimum absolute atomic E-state index is 0.194. The molecular weight excluding hydrogens is 368 g/mol. The van der Waals surface area contributed by atoms with E-state index < -0.39 is 0 Å². The van der Waals surface area contributed by atoms with Crippen LogP contribution in [0.25, 0.3) is 0 Å². The highest BCUT2D eigenvalue weighted by molar-refractivity contribution is 6.04. The first kappa shape index (κ1) is 18.7. The average Bonchev–Trinajstić information content (AvgIpc) is 2.80. The number of carbonyl (C=O) groups is 1. The van der Waals surface area contributed by atoms with Crippen molar-refractivity contribution in [2.45, 2.75) is 0 Å². The lowest BCUT2D eigenvalue weighted by molar-refractivity contribution is 0.102. The van der Waals surface area contributed by atoms with E-state index in [1.54, 1.807) is 56.2 Å². The predicted octanol–water partition coefficient (Wildman–Crippen LogP) is 2.46. The molecule has 3 aromatic rings. The zero-order valence-electron chi connectivity index (χ0n) is 16.2. The third-order valence-corrected chi connectivity index (χ3v) is 4.81. The Hall–Kier alpha value is -3.68. The molecule has 148 valence electrons. The zero-order valence-corrected chi connectivity index (χ0v) is 16.2. The smallest absolute Gasteiger partial charge is 0.257 e. The Bertz CT molecular complexity index is 956. The minimum Gasteiger partial charge on any atom is -0.497 e. The van der Waals surface area contributed by atoms with Gasteiger partial charge in [-0.05, 0) is 36.4 Å². The van der Waals surface area contributed by atoms with Gasteiger partial charge in [0.05, 0.1) is 24.6 Å². The number of benzene rings is 1. The van der Waals surface area contributed by atoms with Crippen molar-refractivity contribution in [1.29, 1.82) is 0 Å². The molecule has 1 aromatic carbocycles. The molecule has 0 aliphatic carbocycles. The van der Waals surface area contributed by atoms with Crippen LogP contribution in [0, 0.1) is 0 Å². The Balaban J connectivity index is 1.40. The number of carbonyl (C=O) groups excluding carboxylic acids is 1. The molecule has 0 radical (unpaired) electrons. The van der Waals surface area contributed by atoms with Gasteiger partial charge in [-0.25, -0.2) is 9.97 Å². The van der Waals surface area contributed by atoms with Gasteiger partial charge in [0.25, 0.3) is 5.91 Å². The van der Waals surface area contributed by atoms with E-state index in [9.17, 15) is 4.79 Å². The first-order valence-electron chi connectivity index (χ1n) is 9.40. The molecule has 1 saturated heterocycles. The summed E-state index contributed by atoms with van der Waals surface area (Å²) in [6, 6.07) is 10.9. The maximum atomic E-state index is 12.6. The molecule has 0 unspecified atom stereocenters. The highest BCUT2D eigenvalue weighted by atomic mass is 16.5. The number of piperazine rings is 1. The molecule has 0 spiro atoms. The van der Waals surface area contributed by atoms with E-state index in [1.807, 2.05) is 12.1 Å². The Morgan fingerprint density at radius 3 is 2.38 bits per heavy atom. The molecule has 8 heteroatoms. The molecule has 0 atom stereocenters. The third-order valence-electron chi connectivity index (χ3n) is 4.81. The van der Waals surface area contributed by atoms with Crippen LogP contribution in [-0.4, -0.2) is 54.1 Å². The number of amides is 1. The van der Waals surface area contributed by atoms with E-state index in [-0.39, 0.29) is 5.91 Å².